The Labute approximate surface area is 150 Å². The molecular formula is C17H12BrFN2O2S. The zero-order valence-electron chi connectivity index (χ0n) is 12.3. The molecule has 0 saturated carbocycles. The smallest absolute Gasteiger partial charge is 0.275 e. The van der Waals surface area contributed by atoms with Gasteiger partial charge in [0, 0.05) is 15.5 Å². The molecule has 24 heavy (non-hydrogen) atoms. The molecule has 0 unspecified atom stereocenters. The van der Waals surface area contributed by atoms with Crippen molar-refractivity contribution < 1.29 is 13.9 Å². The molecule has 0 aliphatic carbocycles. The van der Waals surface area contributed by atoms with Gasteiger partial charge >= 0.3 is 0 Å². The summed E-state index contributed by atoms with van der Waals surface area (Å²) in [6.07, 6.45) is 0. The monoisotopic (exact) mass is 406 g/mol. The Balaban J connectivity index is 1.60. The van der Waals surface area contributed by atoms with Crippen LogP contribution < -0.4 is 10.1 Å². The number of hydrogen-bond acceptors (Lipinski definition) is 4. The minimum absolute atomic E-state index is 0.223. The van der Waals surface area contributed by atoms with Crippen LogP contribution in [-0.4, -0.2) is 10.9 Å². The van der Waals surface area contributed by atoms with E-state index in [1.165, 1.54) is 23.5 Å². The highest BCUT2D eigenvalue weighted by atomic mass is 79.9. The summed E-state index contributed by atoms with van der Waals surface area (Å²) in [5, 5.41) is 5.13. The van der Waals surface area contributed by atoms with Gasteiger partial charge in [-0.3, -0.25) is 4.79 Å². The first-order chi connectivity index (χ1) is 11.6. The second-order valence-corrected chi connectivity index (χ2v) is 6.69. The molecule has 1 N–H and O–H groups in total. The fourth-order valence-corrected chi connectivity index (χ4v) is 3.00. The van der Waals surface area contributed by atoms with Crippen molar-refractivity contribution in [2.75, 3.05) is 5.32 Å². The molecule has 2 aromatic carbocycles. The van der Waals surface area contributed by atoms with Crippen LogP contribution >= 0.6 is 27.3 Å². The number of anilines is 1. The number of rotatable bonds is 5. The van der Waals surface area contributed by atoms with Crippen molar-refractivity contribution in [1.29, 1.82) is 0 Å². The van der Waals surface area contributed by atoms with E-state index in [-0.39, 0.29) is 18.3 Å². The van der Waals surface area contributed by atoms with Crippen LogP contribution in [0.5, 0.6) is 5.75 Å². The molecule has 0 bridgehead atoms. The van der Waals surface area contributed by atoms with E-state index in [9.17, 15) is 9.18 Å². The van der Waals surface area contributed by atoms with E-state index in [0.717, 1.165) is 4.47 Å². The number of halogens is 2. The SMILES string of the molecule is O=C(Nc1cccc(Br)c1)c1csc(COc2ccc(F)cc2)n1. The number of ether oxygens (including phenoxy) is 1. The van der Waals surface area contributed by atoms with Gasteiger partial charge in [-0.25, -0.2) is 9.37 Å². The van der Waals surface area contributed by atoms with E-state index in [0.29, 0.717) is 22.1 Å². The quantitative estimate of drug-likeness (QED) is 0.656. The van der Waals surface area contributed by atoms with Crippen molar-refractivity contribution in [2.24, 2.45) is 0 Å². The van der Waals surface area contributed by atoms with Gasteiger partial charge < -0.3 is 10.1 Å². The third-order valence-electron chi connectivity index (χ3n) is 3.04. The molecule has 3 rings (SSSR count). The first-order valence-electron chi connectivity index (χ1n) is 7.00. The second-order valence-electron chi connectivity index (χ2n) is 4.83. The predicted octanol–water partition coefficient (Wildman–Crippen LogP) is 4.88. The number of nitrogens with zero attached hydrogens (tertiary/aromatic N) is 1. The fraction of sp³-hybridized carbons (Fsp3) is 0.0588. The lowest BCUT2D eigenvalue weighted by Gasteiger charge is -2.04. The van der Waals surface area contributed by atoms with Crippen molar-refractivity contribution in [3.8, 4) is 5.75 Å². The van der Waals surface area contributed by atoms with Gasteiger partial charge in [-0.1, -0.05) is 22.0 Å². The molecule has 7 heteroatoms. The highest BCUT2D eigenvalue weighted by Gasteiger charge is 2.11. The van der Waals surface area contributed by atoms with E-state index < -0.39 is 0 Å². The highest BCUT2D eigenvalue weighted by molar-refractivity contribution is 9.10. The maximum Gasteiger partial charge on any atom is 0.275 e. The number of nitrogens with one attached hydrogen (secondary N) is 1. The van der Waals surface area contributed by atoms with E-state index in [1.807, 2.05) is 18.2 Å². The summed E-state index contributed by atoms with van der Waals surface area (Å²) >= 11 is 4.69. The summed E-state index contributed by atoms with van der Waals surface area (Å²) < 4.78 is 19.2. The molecule has 3 aromatic rings. The Bertz CT molecular complexity index is 852. The lowest BCUT2D eigenvalue weighted by molar-refractivity contribution is 0.102. The van der Waals surface area contributed by atoms with Crippen LogP contribution in [0.25, 0.3) is 0 Å². The number of carbonyl (C=O) groups excluding carboxylic acids is 1. The molecule has 1 amide bonds. The Hall–Kier alpha value is -2.25. The minimum Gasteiger partial charge on any atom is -0.486 e. The summed E-state index contributed by atoms with van der Waals surface area (Å²) in [6.45, 7) is 0.223. The van der Waals surface area contributed by atoms with Crippen LogP contribution in [0.2, 0.25) is 0 Å². The van der Waals surface area contributed by atoms with Gasteiger partial charge in [0.05, 0.1) is 0 Å². The van der Waals surface area contributed by atoms with Crippen LogP contribution in [0.15, 0.2) is 58.4 Å². The first-order valence-corrected chi connectivity index (χ1v) is 8.67. The van der Waals surface area contributed by atoms with E-state index in [2.05, 4.69) is 26.2 Å². The molecule has 1 aromatic heterocycles. The molecule has 0 radical (unpaired) electrons. The number of thiazole rings is 1. The number of benzene rings is 2. The van der Waals surface area contributed by atoms with Crippen molar-refractivity contribution in [3.63, 3.8) is 0 Å². The molecule has 122 valence electrons. The average molecular weight is 407 g/mol. The number of amides is 1. The third-order valence-corrected chi connectivity index (χ3v) is 4.36. The molecule has 1 heterocycles. The second kappa shape index (κ2) is 7.55. The summed E-state index contributed by atoms with van der Waals surface area (Å²) in [5.41, 5.74) is 1.02. The van der Waals surface area contributed by atoms with Gasteiger partial charge in [-0.2, -0.15) is 0 Å². The average Bonchev–Trinajstić information content (AvgIpc) is 3.03. The van der Waals surface area contributed by atoms with Crippen molar-refractivity contribution in [1.82, 2.24) is 4.98 Å². The summed E-state index contributed by atoms with van der Waals surface area (Å²) in [6, 6.07) is 13.1. The molecule has 0 fully saturated rings. The Morgan fingerprint density at radius 3 is 2.79 bits per heavy atom. The zero-order valence-corrected chi connectivity index (χ0v) is 14.7. The molecule has 0 spiro atoms. The summed E-state index contributed by atoms with van der Waals surface area (Å²) in [5.74, 6) is -0.0489. The van der Waals surface area contributed by atoms with Crippen LogP contribution in [-0.2, 0) is 6.61 Å². The highest BCUT2D eigenvalue weighted by Crippen LogP contribution is 2.19. The largest absolute Gasteiger partial charge is 0.486 e. The molecule has 0 aliphatic rings. The lowest BCUT2D eigenvalue weighted by Crippen LogP contribution is -2.12. The van der Waals surface area contributed by atoms with Crippen molar-refractivity contribution in [3.05, 3.63) is 74.9 Å². The Morgan fingerprint density at radius 1 is 1.25 bits per heavy atom. The topological polar surface area (TPSA) is 51.2 Å². The lowest BCUT2D eigenvalue weighted by atomic mass is 10.3. The van der Waals surface area contributed by atoms with Gasteiger partial charge in [-0.05, 0) is 42.5 Å². The molecule has 0 saturated heterocycles. The third kappa shape index (κ3) is 4.39. The van der Waals surface area contributed by atoms with Gasteiger partial charge in [0.2, 0.25) is 0 Å². The van der Waals surface area contributed by atoms with Crippen LogP contribution in [0.4, 0.5) is 10.1 Å². The van der Waals surface area contributed by atoms with Gasteiger partial charge in [0.25, 0.3) is 5.91 Å². The van der Waals surface area contributed by atoms with Crippen LogP contribution in [0.1, 0.15) is 15.5 Å². The number of hydrogen-bond donors (Lipinski definition) is 1. The summed E-state index contributed by atoms with van der Waals surface area (Å²) in [7, 11) is 0. The predicted molar refractivity (Wildman–Crippen MR) is 94.9 cm³/mol. The number of aromatic nitrogens is 1. The van der Waals surface area contributed by atoms with Crippen LogP contribution in [0.3, 0.4) is 0 Å². The molecular weight excluding hydrogens is 395 g/mol. The molecule has 4 nitrogen and oxygen atoms in total. The maximum absolute atomic E-state index is 12.8. The maximum atomic E-state index is 12.8. The molecule has 0 aliphatic heterocycles. The van der Waals surface area contributed by atoms with Gasteiger partial charge in [0.15, 0.2) is 0 Å². The van der Waals surface area contributed by atoms with Crippen LogP contribution in [0, 0.1) is 5.82 Å². The van der Waals surface area contributed by atoms with Gasteiger partial charge in [0.1, 0.15) is 28.9 Å². The first kappa shape index (κ1) is 16.6. The van der Waals surface area contributed by atoms with E-state index in [4.69, 9.17) is 4.74 Å². The standard InChI is InChI=1S/C17H12BrFN2O2S/c18-11-2-1-3-13(8-11)20-17(22)15-10-24-16(21-15)9-23-14-6-4-12(19)5-7-14/h1-8,10H,9H2,(H,20,22). The van der Waals surface area contributed by atoms with E-state index >= 15 is 0 Å². The normalized spacial score (nSPS) is 10.4. The number of carbonyl (C=O) groups is 1. The Kier molecular flexibility index (Phi) is 5.22. The minimum atomic E-state index is -0.317. The van der Waals surface area contributed by atoms with Crippen molar-refractivity contribution >= 4 is 38.9 Å². The van der Waals surface area contributed by atoms with Gasteiger partial charge in [-0.15, -0.1) is 11.3 Å². The zero-order chi connectivity index (χ0) is 16.9. The van der Waals surface area contributed by atoms with Crippen molar-refractivity contribution in [2.45, 2.75) is 6.61 Å². The summed E-state index contributed by atoms with van der Waals surface area (Å²) in [4.78, 5) is 16.4. The van der Waals surface area contributed by atoms with E-state index in [1.54, 1.807) is 23.6 Å². The Morgan fingerprint density at radius 2 is 2.04 bits per heavy atom. The fourth-order valence-electron chi connectivity index (χ4n) is 1.92. The molecule has 0 atom stereocenters.